The lowest BCUT2D eigenvalue weighted by Crippen LogP contribution is -2.17. The van der Waals surface area contributed by atoms with Crippen molar-refractivity contribution in [3.05, 3.63) is 35.9 Å². The third kappa shape index (κ3) is 1.57. The van der Waals surface area contributed by atoms with E-state index in [9.17, 15) is 0 Å². The molecule has 0 saturated heterocycles. The molecule has 2 heteroatoms. The van der Waals surface area contributed by atoms with Gasteiger partial charge >= 0.3 is 0 Å². The number of nitrogens with one attached hydrogen (secondary N) is 1. The van der Waals surface area contributed by atoms with Crippen LogP contribution in [0, 0.1) is 5.92 Å². The van der Waals surface area contributed by atoms with E-state index in [1.807, 2.05) is 12.3 Å². The predicted octanol–water partition coefficient (Wildman–Crippen LogP) is 2.34. The van der Waals surface area contributed by atoms with E-state index in [1.165, 1.54) is 5.56 Å². The van der Waals surface area contributed by atoms with E-state index in [0.29, 0.717) is 12.0 Å². The first-order valence-electron chi connectivity index (χ1n) is 4.75. The van der Waals surface area contributed by atoms with Crippen LogP contribution in [0.3, 0.4) is 0 Å². The molecule has 1 aromatic rings. The van der Waals surface area contributed by atoms with E-state index < -0.39 is 0 Å². The molecule has 2 atom stereocenters. The third-order valence-corrected chi connectivity index (χ3v) is 2.54. The second-order valence-electron chi connectivity index (χ2n) is 3.37. The SMILES string of the molecule is CCC1C=NNC1c1ccccc1. The van der Waals surface area contributed by atoms with Gasteiger partial charge in [0.2, 0.25) is 0 Å². The molecule has 68 valence electrons. The highest BCUT2D eigenvalue weighted by atomic mass is 15.3. The molecule has 0 bridgehead atoms. The van der Waals surface area contributed by atoms with Crippen LogP contribution in [-0.4, -0.2) is 6.21 Å². The molecule has 0 saturated carbocycles. The van der Waals surface area contributed by atoms with Gasteiger partial charge in [-0.1, -0.05) is 37.3 Å². The molecule has 1 aromatic carbocycles. The highest BCUT2D eigenvalue weighted by Gasteiger charge is 2.23. The van der Waals surface area contributed by atoms with Crippen LogP contribution in [0.25, 0.3) is 0 Å². The predicted molar refractivity (Wildman–Crippen MR) is 54.6 cm³/mol. The summed E-state index contributed by atoms with van der Waals surface area (Å²) >= 11 is 0. The van der Waals surface area contributed by atoms with E-state index in [4.69, 9.17) is 0 Å². The molecule has 0 fully saturated rings. The van der Waals surface area contributed by atoms with Gasteiger partial charge in [-0.15, -0.1) is 0 Å². The summed E-state index contributed by atoms with van der Waals surface area (Å²) in [5.74, 6) is 0.544. The molecule has 1 N–H and O–H groups in total. The van der Waals surface area contributed by atoms with Gasteiger partial charge in [-0.2, -0.15) is 5.10 Å². The van der Waals surface area contributed by atoms with Crippen molar-refractivity contribution in [3.63, 3.8) is 0 Å². The Morgan fingerprint density at radius 1 is 1.31 bits per heavy atom. The largest absolute Gasteiger partial charge is 0.302 e. The standard InChI is InChI=1S/C11H14N2/c1-2-9-8-12-13-11(9)10-6-4-3-5-7-10/h3-9,11,13H,2H2,1H3. The fourth-order valence-corrected chi connectivity index (χ4v) is 1.72. The van der Waals surface area contributed by atoms with E-state index in [0.717, 1.165) is 6.42 Å². The zero-order chi connectivity index (χ0) is 9.10. The van der Waals surface area contributed by atoms with Gasteiger partial charge in [-0.05, 0) is 12.0 Å². The zero-order valence-corrected chi connectivity index (χ0v) is 7.77. The number of nitrogens with zero attached hydrogens (tertiary/aromatic N) is 1. The summed E-state index contributed by atoms with van der Waals surface area (Å²) in [5, 5.41) is 4.12. The van der Waals surface area contributed by atoms with Crippen molar-refractivity contribution in [3.8, 4) is 0 Å². The molecule has 0 radical (unpaired) electrons. The average Bonchev–Trinajstić information content (AvgIpc) is 2.67. The van der Waals surface area contributed by atoms with Crippen LogP contribution >= 0.6 is 0 Å². The normalized spacial score (nSPS) is 25.9. The summed E-state index contributed by atoms with van der Waals surface area (Å²) in [6.07, 6.45) is 3.15. The minimum Gasteiger partial charge on any atom is -0.302 e. The number of benzene rings is 1. The Bertz CT molecular complexity index is 292. The first kappa shape index (κ1) is 8.30. The van der Waals surface area contributed by atoms with Gasteiger partial charge in [0.1, 0.15) is 0 Å². The molecule has 1 aliphatic heterocycles. The van der Waals surface area contributed by atoms with Crippen LogP contribution in [0.5, 0.6) is 0 Å². The Labute approximate surface area is 78.7 Å². The second kappa shape index (κ2) is 3.60. The molecular formula is C11H14N2. The summed E-state index contributed by atoms with van der Waals surface area (Å²) in [7, 11) is 0. The van der Waals surface area contributed by atoms with Gasteiger partial charge in [0.25, 0.3) is 0 Å². The molecule has 1 aliphatic rings. The highest BCUT2D eigenvalue weighted by Crippen LogP contribution is 2.26. The maximum Gasteiger partial charge on any atom is 0.0767 e. The molecule has 0 aliphatic carbocycles. The van der Waals surface area contributed by atoms with Crippen LogP contribution in [0.1, 0.15) is 24.9 Å². The Morgan fingerprint density at radius 2 is 2.08 bits per heavy atom. The lowest BCUT2D eigenvalue weighted by molar-refractivity contribution is 0.488. The van der Waals surface area contributed by atoms with Crippen molar-refractivity contribution < 1.29 is 0 Å². The van der Waals surface area contributed by atoms with Gasteiger partial charge < -0.3 is 5.43 Å². The lowest BCUT2D eigenvalue weighted by atomic mass is 9.93. The molecule has 1 heterocycles. The summed E-state index contributed by atoms with van der Waals surface area (Å²) < 4.78 is 0. The summed E-state index contributed by atoms with van der Waals surface area (Å²) in [4.78, 5) is 0. The van der Waals surface area contributed by atoms with Gasteiger partial charge in [-0.3, -0.25) is 0 Å². The van der Waals surface area contributed by atoms with E-state index in [-0.39, 0.29) is 0 Å². The van der Waals surface area contributed by atoms with Crippen molar-refractivity contribution in [2.75, 3.05) is 0 Å². The zero-order valence-electron chi connectivity index (χ0n) is 7.77. The Kier molecular flexibility index (Phi) is 2.30. The molecule has 2 nitrogen and oxygen atoms in total. The molecule has 2 unspecified atom stereocenters. The van der Waals surface area contributed by atoms with Crippen LogP contribution in [0.4, 0.5) is 0 Å². The average molecular weight is 174 g/mol. The number of hydrazone groups is 1. The van der Waals surface area contributed by atoms with Crippen LogP contribution in [0.15, 0.2) is 35.4 Å². The Morgan fingerprint density at radius 3 is 2.77 bits per heavy atom. The number of rotatable bonds is 2. The monoisotopic (exact) mass is 174 g/mol. The Hall–Kier alpha value is -1.31. The molecular weight excluding hydrogens is 160 g/mol. The van der Waals surface area contributed by atoms with Crippen molar-refractivity contribution in [1.82, 2.24) is 5.43 Å². The van der Waals surface area contributed by atoms with Gasteiger partial charge in [0.15, 0.2) is 0 Å². The molecule has 2 rings (SSSR count). The van der Waals surface area contributed by atoms with Crippen LogP contribution in [-0.2, 0) is 0 Å². The second-order valence-corrected chi connectivity index (χ2v) is 3.37. The van der Waals surface area contributed by atoms with E-state index in [2.05, 4.69) is 41.7 Å². The first-order valence-corrected chi connectivity index (χ1v) is 4.75. The van der Waals surface area contributed by atoms with Gasteiger partial charge in [0.05, 0.1) is 6.04 Å². The number of hydrogen-bond acceptors (Lipinski definition) is 2. The fraction of sp³-hybridized carbons (Fsp3) is 0.364. The molecule has 0 spiro atoms. The minimum absolute atomic E-state index is 0.381. The molecule has 0 aromatic heterocycles. The van der Waals surface area contributed by atoms with E-state index >= 15 is 0 Å². The summed E-state index contributed by atoms with van der Waals surface area (Å²) in [5.41, 5.74) is 4.47. The Balaban J connectivity index is 2.18. The van der Waals surface area contributed by atoms with E-state index in [1.54, 1.807) is 0 Å². The van der Waals surface area contributed by atoms with Crippen molar-refractivity contribution in [1.29, 1.82) is 0 Å². The summed E-state index contributed by atoms with van der Waals surface area (Å²) in [6.45, 7) is 2.19. The lowest BCUT2D eigenvalue weighted by Gasteiger charge is -2.16. The van der Waals surface area contributed by atoms with Crippen molar-refractivity contribution in [2.45, 2.75) is 19.4 Å². The van der Waals surface area contributed by atoms with Crippen molar-refractivity contribution in [2.24, 2.45) is 11.0 Å². The molecule has 13 heavy (non-hydrogen) atoms. The van der Waals surface area contributed by atoms with Gasteiger partial charge in [-0.25, -0.2) is 0 Å². The maximum absolute atomic E-state index is 4.12. The molecule has 0 amide bonds. The summed E-state index contributed by atoms with van der Waals surface area (Å²) in [6, 6.07) is 10.9. The quantitative estimate of drug-likeness (QED) is 0.731. The van der Waals surface area contributed by atoms with Crippen LogP contribution < -0.4 is 5.43 Å². The minimum atomic E-state index is 0.381. The van der Waals surface area contributed by atoms with Crippen molar-refractivity contribution >= 4 is 6.21 Å². The first-order chi connectivity index (χ1) is 6.42. The highest BCUT2D eigenvalue weighted by molar-refractivity contribution is 5.64. The third-order valence-electron chi connectivity index (χ3n) is 2.54. The number of hydrogen-bond donors (Lipinski definition) is 1. The smallest absolute Gasteiger partial charge is 0.0767 e. The topological polar surface area (TPSA) is 24.4 Å². The van der Waals surface area contributed by atoms with Crippen LogP contribution in [0.2, 0.25) is 0 Å². The fourth-order valence-electron chi connectivity index (χ4n) is 1.72. The van der Waals surface area contributed by atoms with Gasteiger partial charge in [0, 0.05) is 12.1 Å². The maximum atomic E-state index is 4.12.